The lowest BCUT2D eigenvalue weighted by atomic mass is 10.1. The number of rotatable bonds is 3. The molecular formula is C11H18N2O2. The number of aliphatic imine (C=N–C) groups is 2. The fourth-order valence-electron chi connectivity index (χ4n) is 1.83. The predicted octanol–water partition coefficient (Wildman–Crippen LogP) is 1.65. The van der Waals surface area contributed by atoms with Gasteiger partial charge in [0.1, 0.15) is 5.92 Å². The second-order valence-corrected chi connectivity index (χ2v) is 3.80. The minimum absolute atomic E-state index is 0.144. The van der Waals surface area contributed by atoms with E-state index in [1.165, 1.54) is 0 Å². The first kappa shape index (κ1) is 10.5. The largest absolute Gasteiger partial charge is 0.480 e. The molecule has 0 aliphatic carbocycles. The lowest BCUT2D eigenvalue weighted by Crippen LogP contribution is -2.32. The van der Waals surface area contributed by atoms with Crippen LogP contribution in [0.1, 0.15) is 26.2 Å². The van der Waals surface area contributed by atoms with E-state index in [0.29, 0.717) is 0 Å². The predicted molar refractivity (Wildman–Crippen MR) is 59.5 cm³/mol. The van der Waals surface area contributed by atoms with Gasteiger partial charge in [-0.3, -0.25) is 9.98 Å². The van der Waals surface area contributed by atoms with Crippen molar-refractivity contribution < 1.29 is 9.47 Å². The Morgan fingerprint density at radius 2 is 1.60 bits per heavy atom. The highest BCUT2D eigenvalue weighted by Gasteiger charge is 2.26. The van der Waals surface area contributed by atoms with Crippen LogP contribution in [0.15, 0.2) is 9.98 Å². The van der Waals surface area contributed by atoms with Gasteiger partial charge in [-0.25, -0.2) is 0 Å². The molecule has 0 aromatic carbocycles. The maximum absolute atomic E-state index is 5.57. The van der Waals surface area contributed by atoms with Crippen LogP contribution in [0, 0.1) is 5.92 Å². The minimum atomic E-state index is 0.144. The Labute approximate surface area is 90.4 Å². The highest BCUT2D eigenvalue weighted by Crippen LogP contribution is 2.16. The van der Waals surface area contributed by atoms with Crippen molar-refractivity contribution in [2.24, 2.45) is 15.9 Å². The second kappa shape index (κ2) is 5.14. The fourth-order valence-corrected chi connectivity index (χ4v) is 1.83. The Hall–Kier alpha value is -1.06. The summed E-state index contributed by atoms with van der Waals surface area (Å²) in [6.45, 7) is 5.43. The lowest BCUT2D eigenvalue weighted by molar-refractivity contribution is 0.239. The van der Waals surface area contributed by atoms with Crippen LogP contribution in [0.2, 0.25) is 0 Å². The van der Waals surface area contributed by atoms with Gasteiger partial charge in [-0.1, -0.05) is 6.92 Å². The second-order valence-electron chi connectivity index (χ2n) is 3.80. The number of ether oxygens (including phenoxy) is 2. The zero-order valence-corrected chi connectivity index (χ0v) is 9.24. The molecule has 0 saturated heterocycles. The van der Waals surface area contributed by atoms with Gasteiger partial charge in [0, 0.05) is 25.9 Å². The number of hydrogen-bond donors (Lipinski definition) is 0. The van der Waals surface area contributed by atoms with Crippen molar-refractivity contribution in [3.05, 3.63) is 0 Å². The molecular weight excluding hydrogens is 192 g/mol. The van der Waals surface area contributed by atoms with E-state index in [9.17, 15) is 0 Å². The topological polar surface area (TPSA) is 43.2 Å². The molecule has 0 N–H and O–H groups in total. The average Bonchev–Trinajstić information content (AvgIpc) is 2.33. The molecule has 4 heteroatoms. The van der Waals surface area contributed by atoms with Gasteiger partial charge in [-0.2, -0.15) is 0 Å². The molecule has 0 bridgehead atoms. The van der Waals surface area contributed by atoms with Gasteiger partial charge in [-0.05, 0) is 6.42 Å². The van der Waals surface area contributed by atoms with Crippen LogP contribution in [-0.4, -0.2) is 38.1 Å². The van der Waals surface area contributed by atoms with Crippen LogP contribution in [0.5, 0.6) is 0 Å². The monoisotopic (exact) mass is 210 g/mol. The van der Waals surface area contributed by atoms with Crippen LogP contribution >= 0.6 is 0 Å². The van der Waals surface area contributed by atoms with Crippen LogP contribution in [0.3, 0.4) is 0 Å². The standard InChI is InChI=1S/C11H18N2O2/c1-2-9(10-12-5-3-7-14-10)11-13-6-4-8-15-11/h9H,2-8H2,1H3. The van der Waals surface area contributed by atoms with E-state index in [4.69, 9.17) is 9.47 Å². The third-order valence-corrected chi connectivity index (χ3v) is 2.64. The Morgan fingerprint density at radius 3 is 1.93 bits per heavy atom. The van der Waals surface area contributed by atoms with Crippen molar-refractivity contribution in [1.29, 1.82) is 0 Å². The molecule has 0 fully saturated rings. The molecule has 0 atom stereocenters. The third-order valence-electron chi connectivity index (χ3n) is 2.64. The summed E-state index contributed by atoms with van der Waals surface area (Å²) >= 11 is 0. The van der Waals surface area contributed by atoms with Crippen LogP contribution in [-0.2, 0) is 9.47 Å². The summed E-state index contributed by atoms with van der Waals surface area (Å²) in [4.78, 5) is 8.82. The van der Waals surface area contributed by atoms with Crippen LogP contribution in [0.25, 0.3) is 0 Å². The van der Waals surface area contributed by atoms with E-state index in [0.717, 1.165) is 57.4 Å². The van der Waals surface area contributed by atoms with Gasteiger partial charge in [0.15, 0.2) is 11.8 Å². The maximum atomic E-state index is 5.57. The number of nitrogens with zero attached hydrogens (tertiary/aromatic N) is 2. The van der Waals surface area contributed by atoms with Crippen molar-refractivity contribution in [2.75, 3.05) is 26.3 Å². The molecule has 84 valence electrons. The summed E-state index contributed by atoms with van der Waals surface area (Å²) < 4.78 is 11.1. The molecule has 0 saturated carbocycles. The van der Waals surface area contributed by atoms with E-state index in [1.807, 2.05) is 0 Å². The lowest BCUT2D eigenvalue weighted by Gasteiger charge is -2.24. The first-order valence-corrected chi connectivity index (χ1v) is 5.76. The normalized spacial score (nSPS) is 21.5. The quantitative estimate of drug-likeness (QED) is 0.711. The summed E-state index contributed by atoms with van der Waals surface area (Å²) in [6.07, 6.45) is 2.98. The number of hydrogen-bond acceptors (Lipinski definition) is 4. The zero-order valence-electron chi connectivity index (χ0n) is 9.24. The van der Waals surface area contributed by atoms with E-state index >= 15 is 0 Å². The molecule has 15 heavy (non-hydrogen) atoms. The van der Waals surface area contributed by atoms with Crippen molar-refractivity contribution in [2.45, 2.75) is 26.2 Å². The highest BCUT2D eigenvalue weighted by atomic mass is 16.5. The molecule has 0 amide bonds. The van der Waals surface area contributed by atoms with E-state index < -0.39 is 0 Å². The third kappa shape index (κ3) is 2.49. The molecule has 0 spiro atoms. The Morgan fingerprint density at radius 1 is 1.07 bits per heavy atom. The summed E-state index contributed by atoms with van der Waals surface area (Å²) in [6, 6.07) is 0. The summed E-state index contributed by atoms with van der Waals surface area (Å²) in [5, 5.41) is 0. The van der Waals surface area contributed by atoms with E-state index in [-0.39, 0.29) is 5.92 Å². The highest BCUT2D eigenvalue weighted by molar-refractivity contribution is 6.00. The molecule has 2 aliphatic heterocycles. The fraction of sp³-hybridized carbons (Fsp3) is 0.818. The van der Waals surface area contributed by atoms with Crippen molar-refractivity contribution in [1.82, 2.24) is 0 Å². The molecule has 2 rings (SSSR count). The Kier molecular flexibility index (Phi) is 3.59. The molecule has 0 aromatic rings. The van der Waals surface area contributed by atoms with E-state index in [1.54, 1.807) is 0 Å². The molecule has 2 heterocycles. The smallest absolute Gasteiger partial charge is 0.195 e. The Bertz CT molecular complexity index is 248. The minimum Gasteiger partial charge on any atom is -0.480 e. The zero-order chi connectivity index (χ0) is 10.5. The molecule has 0 unspecified atom stereocenters. The van der Waals surface area contributed by atoms with E-state index in [2.05, 4.69) is 16.9 Å². The first-order valence-electron chi connectivity index (χ1n) is 5.76. The summed E-state index contributed by atoms with van der Waals surface area (Å²) in [7, 11) is 0. The van der Waals surface area contributed by atoms with Crippen LogP contribution < -0.4 is 0 Å². The van der Waals surface area contributed by atoms with Gasteiger partial charge in [0.05, 0.1) is 13.2 Å². The maximum Gasteiger partial charge on any atom is 0.195 e. The van der Waals surface area contributed by atoms with Gasteiger partial charge < -0.3 is 9.47 Å². The first-order chi connectivity index (χ1) is 7.42. The van der Waals surface area contributed by atoms with Gasteiger partial charge in [-0.15, -0.1) is 0 Å². The van der Waals surface area contributed by atoms with Gasteiger partial charge in [0.25, 0.3) is 0 Å². The molecule has 0 aromatic heterocycles. The Balaban J connectivity index is 2.08. The van der Waals surface area contributed by atoms with Crippen molar-refractivity contribution in [3.8, 4) is 0 Å². The molecule has 0 radical (unpaired) electrons. The summed E-state index contributed by atoms with van der Waals surface area (Å²) in [5.41, 5.74) is 0. The van der Waals surface area contributed by atoms with Crippen molar-refractivity contribution >= 4 is 11.8 Å². The van der Waals surface area contributed by atoms with Crippen LogP contribution in [0.4, 0.5) is 0 Å². The molecule has 2 aliphatic rings. The van der Waals surface area contributed by atoms with Gasteiger partial charge in [0.2, 0.25) is 0 Å². The van der Waals surface area contributed by atoms with Gasteiger partial charge >= 0.3 is 0 Å². The SMILES string of the molecule is CCC(C1=NCCCO1)C1=NCCCO1. The van der Waals surface area contributed by atoms with Crippen molar-refractivity contribution in [3.63, 3.8) is 0 Å². The summed E-state index contributed by atoms with van der Waals surface area (Å²) in [5.74, 6) is 1.79. The molecule has 4 nitrogen and oxygen atoms in total. The average molecular weight is 210 g/mol.